The molecule has 10 heteroatoms. The molecular weight excluding hydrogens is 435 g/mol. The van der Waals surface area contributed by atoms with Crippen LogP contribution in [-0.2, 0) is 15.7 Å². The molecule has 1 spiro atoms. The smallest absolute Gasteiger partial charge is 0.382 e. The van der Waals surface area contributed by atoms with E-state index >= 15 is 0 Å². The monoisotopic (exact) mass is 459 g/mol. The van der Waals surface area contributed by atoms with Crippen molar-refractivity contribution in [2.75, 3.05) is 31.2 Å². The van der Waals surface area contributed by atoms with Crippen LogP contribution in [0.4, 0.5) is 18.9 Å². The van der Waals surface area contributed by atoms with Crippen LogP contribution < -0.4 is 15.5 Å². The third-order valence-electron chi connectivity index (χ3n) is 7.34. The second kappa shape index (κ2) is 7.31. The van der Waals surface area contributed by atoms with Gasteiger partial charge in [0.05, 0.1) is 42.5 Å². The Morgan fingerprint density at radius 2 is 2.00 bits per heavy atom. The Labute approximate surface area is 188 Å². The fourth-order valence-electron chi connectivity index (χ4n) is 5.59. The number of halogens is 3. The molecule has 4 heterocycles. The van der Waals surface area contributed by atoms with Crippen LogP contribution >= 0.6 is 0 Å². The van der Waals surface area contributed by atoms with Crippen LogP contribution in [0.3, 0.4) is 0 Å². The van der Waals surface area contributed by atoms with Crippen molar-refractivity contribution >= 4 is 22.6 Å². The van der Waals surface area contributed by atoms with Gasteiger partial charge in [0.25, 0.3) is 0 Å². The number of fused-ring (bicyclic) bond motifs is 3. The molecule has 4 aliphatic rings. The predicted octanol–water partition coefficient (Wildman–Crippen LogP) is 2.63. The second-order valence-electron chi connectivity index (χ2n) is 9.58. The largest absolute Gasteiger partial charge is 0.418 e. The summed E-state index contributed by atoms with van der Waals surface area (Å²) in [5, 5.41) is 6.61. The van der Waals surface area contributed by atoms with Crippen molar-refractivity contribution in [2.45, 2.75) is 37.5 Å². The third kappa shape index (κ3) is 3.60. The molecule has 2 aromatic rings. The maximum absolute atomic E-state index is 13.5. The van der Waals surface area contributed by atoms with Crippen molar-refractivity contribution in [3.8, 4) is 0 Å². The lowest BCUT2D eigenvalue weighted by molar-refractivity contribution is -0.136. The van der Waals surface area contributed by atoms with Crippen molar-refractivity contribution in [3.05, 3.63) is 41.9 Å². The number of ether oxygens (including phenoxy) is 1. The van der Waals surface area contributed by atoms with Gasteiger partial charge in [0.2, 0.25) is 5.91 Å². The molecule has 2 bridgehead atoms. The summed E-state index contributed by atoms with van der Waals surface area (Å²) in [5.41, 5.74) is 0.753. The number of rotatable bonds is 3. The summed E-state index contributed by atoms with van der Waals surface area (Å²) in [7, 11) is 0. The van der Waals surface area contributed by atoms with Gasteiger partial charge in [-0.3, -0.25) is 14.8 Å². The summed E-state index contributed by atoms with van der Waals surface area (Å²) in [4.78, 5) is 23.5. The first-order chi connectivity index (χ1) is 15.8. The lowest BCUT2D eigenvalue weighted by atomic mass is 9.91. The van der Waals surface area contributed by atoms with Crippen LogP contribution in [0.5, 0.6) is 0 Å². The molecule has 174 valence electrons. The Morgan fingerprint density at radius 1 is 1.21 bits per heavy atom. The number of hydrogen-bond donors (Lipinski definition) is 2. The van der Waals surface area contributed by atoms with E-state index in [9.17, 15) is 18.0 Å². The van der Waals surface area contributed by atoms with Gasteiger partial charge in [0.15, 0.2) is 0 Å². The number of carbonyl (C=O) groups is 1. The zero-order valence-corrected chi connectivity index (χ0v) is 17.9. The lowest BCUT2D eigenvalue weighted by Gasteiger charge is -2.35. The summed E-state index contributed by atoms with van der Waals surface area (Å²) in [6.45, 7) is 2.25. The van der Waals surface area contributed by atoms with Gasteiger partial charge in [-0.25, -0.2) is 0 Å². The highest BCUT2D eigenvalue weighted by Crippen LogP contribution is 2.57. The number of amides is 1. The van der Waals surface area contributed by atoms with Gasteiger partial charge < -0.3 is 20.3 Å². The number of benzene rings is 1. The van der Waals surface area contributed by atoms with Gasteiger partial charge in [-0.05, 0) is 37.5 Å². The van der Waals surface area contributed by atoms with Crippen molar-refractivity contribution in [3.63, 3.8) is 0 Å². The van der Waals surface area contributed by atoms with Gasteiger partial charge >= 0.3 is 6.18 Å². The summed E-state index contributed by atoms with van der Waals surface area (Å²) in [5.74, 6) is -0.198. The molecule has 3 aliphatic heterocycles. The molecule has 1 saturated carbocycles. The quantitative estimate of drug-likeness (QED) is 0.735. The van der Waals surface area contributed by atoms with Gasteiger partial charge in [-0.1, -0.05) is 0 Å². The minimum Gasteiger partial charge on any atom is -0.382 e. The number of hydrogen-bond acceptors (Lipinski definition) is 6. The fraction of sp³-hybridized carbons (Fsp3) is 0.522. The first-order valence-corrected chi connectivity index (χ1v) is 11.2. The van der Waals surface area contributed by atoms with Crippen LogP contribution in [0.15, 0.2) is 36.3 Å². The average molecular weight is 459 g/mol. The van der Waals surface area contributed by atoms with Crippen molar-refractivity contribution in [1.29, 1.82) is 0 Å². The van der Waals surface area contributed by atoms with Gasteiger partial charge in [-0.15, -0.1) is 0 Å². The topological polar surface area (TPSA) is 79.4 Å². The van der Waals surface area contributed by atoms with E-state index in [1.54, 1.807) is 0 Å². The average Bonchev–Trinajstić information content (AvgIpc) is 3.44. The van der Waals surface area contributed by atoms with Gasteiger partial charge in [0, 0.05) is 36.6 Å². The van der Waals surface area contributed by atoms with Crippen LogP contribution in [0.25, 0.3) is 11.0 Å². The SMILES string of the molecule is O=C(NC1C=C2COCC(C1)N2)C1CN(c2ccc(C(F)(F)F)c3nccnc23)CC12CC2. The Bertz CT molecular complexity index is 1150. The molecule has 1 amide bonds. The normalized spacial score (nSPS) is 27.9. The van der Waals surface area contributed by atoms with E-state index in [0.29, 0.717) is 32.0 Å². The summed E-state index contributed by atoms with van der Waals surface area (Å²) in [6.07, 6.45) is 2.86. The van der Waals surface area contributed by atoms with E-state index in [1.807, 2.05) is 11.0 Å². The second-order valence-corrected chi connectivity index (χ2v) is 9.58. The molecule has 0 radical (unpaired) electrons. The van der Waals surface area contributed by atoms with E-state index in [2.05, 4.69) is 20.6 Å². The van der Waals surface area contributed by atoms with Crippen molar-refractivity contribution in [1.82, 2.24) is 20.6 Å². The molecule has 1 aromatic carbocycles. The Morgan fingerprint density at radius 3 is 2.73 bits per heavy atom. The Hall–Kier alpha value is -2.88. The molecule has 1 aliphatic carbocycles. The highest BCUT2D eigenvalue weighted by Gasteiger charge is 2.58. The molecule has 3 unspecified atom stereocenters. The molecule has 2 N–H and O–H groups in total. The van der Waals surface area contributed by atoms with Crippen LogP contribution in [0.2, 0.25) is 0 Å². The maximum Gasteiger partial charge on any atom is 0.418 e. The first-order valence-electron chi connectivity index (χ1n) is 11.2. The molecule has 6 rings (SSSR count). The summed E-state index contributed by atoms with van der Waals surface area (Å²) < 4.78 is 46.0. The van der Waals surface area contributed by atoms with E-state index in [4.69, 9.17) is 4.74 Å². The number of alkyl halides is 3. The zero-order valence-electron chi connectivity index (χ0n) is 17.9. The highest BCUT2D eigenvalue weighted by molar-refractivity contribution is 5.92. The molecular formula is C23H24F3N5O2. The van der Waals surface area contributed by atoms with E-state index in [0.717, 1.165) is 31.0 Å². The standard InChI is InChI=1S/C23H24F3N5O2/c24-23(25,26)16-1-2-18(20-19(16)27-5-6-28-20)31-9-17(22(12-31)3-4-22)21(32)30-13-7-14-10-33-11-15(8-13)29-14/h1-2,5-7,13,15,17,29H,3-4,8-12H2,(H,30,32). The minimum absolute atomic E-state index is 0.0139. The molecule has 3 fully saturated rings. The molecule has 7 nitrogen and oxygen atoms in total. The highest BCUT2D eigenvalue weighted by atomic mass is 19.4. The number of nitrogens with zero attached hydrogens (tertiary/aromatic N) is 3. The predicted molar refractivity (Wildman–Crippen MR) is 114 cm³/mol. The van der Waals surface area contributed by atoms with Gasteiger partial charge in [0.1, 0.15) is 11.0 Å². The van der Waals surface area contributed by atoms with E-state index in [-0.39, 0.29) is 40.4 Å². The Balaban J connectivity index is 1.26. The maximum atomic E-state index is 13.5. The number of nitrogens with one attached hydrogen (secondary N) is 2. The molecule has 2 saturated heterocycles. The lowest BCUT2D eigenvalue weighted by Crippen LogP contribution is -2.51. The summed E-state index contributed by atoms with van der Waals surface area (Å²) >= 11 is 0. The first kappa shape index (κ1) is 20.7. The summed E-state index contributed by atoms with van der Waals surface area (Å²) in [6, 6.07) is 2.71. The zero-order chi connectivity index (χ0) is 22.8. The van der Waals surface area contributed by atoms with Crippen molar-refractivity contribution < 1.29 is 22.7 Å². The number of anilines is 1. The van der Waals surface area contributed by atoms with Crippen LogP contribution in [-0.4, -0.2) is 54.3 Å². The van der Waals surface area contributed by atoms with Gasteiger partial charge in [-0.2, -0.15) is 13.2 Å². The Kier molecular flexibility index (Phi) is 4.59. The number of aromatic nitrogens is 2. The van der Waals surface area contributed by atoms with E-state index in [1.165, 1.54) is 18.5 Å². The van der Waals surface area contributed by atoms with Crippen LogP contribution in [0, 0.1) is 11.3 Å². The molecule has 1 aromatic heterocycles. The molecule has 33 heavy (non-hydrogen) atoms. The fourth-order valence-corrected chi connectivity index (χ4v) is 5.59. The third-order valence-corrected chi connectivity index (χ3v) is 7.34. The number of morpholine rings is 1. The van der Waals surface area contributed by atoms with Crippen LogP contribution in [0.1, 0.15) is 24.8 Å². The number of carbonyl (C=O) groups excluding carboxylic acids is 1. The minimum atomic E-state index is -4.51. The molecule has 3 atom stereocenters. The van der Waals surface area contributed by atoms with Crippen molar-refractivity contribution in [2.24, 2.45) is 11.3 Å². The van der Waals surface area contributed by atoms with E-state index < -0.39 is 11.7 Å².